The smallest absolute Gasteiger partial charge is 0.353 e. The van der Waals surface area contributed by atoms with Gasteiger partial charge in [0.2, 0.25) is 0 Å². The summed E-state index contributed by atoms with van der Waals surface area (Å²) < 4.78 is 5.39. The van der Waals surface area contributed by atoms with Gasteiger partial charge in [-0.25, -0.2) is 9.78 Å². The van der Waals surface area contributed by atoms with Crippen molar-refractivity contribution < 1.29 is 19.1 Å². The molecule has 98 valence electrons. The van der Waals surface area contributed by atoms with Crippen LogP contribution in [0.1, 0.15) is 17.3 Å². The lowest BCUT2D eigenvalue weighted by molar-refractivity contribution is -0.141. The Kier molecular flexibility index (Phi) is 2.53. The zero-order chi connectivity index (χ0) is 13.7. The van der Waals surface area contributed by atoms with E-state index in [1.807, 2.05) is 0 Å². The Morgan fingerprint density at radius 3 is 2.89 bits per heavy atom. The molecule has 1 aromatic heterocycles. The van der Waals surface area contributed by atoms with Crippen molar-refractivity contribution in [1.82, 2.24) is 9.88 Å². The minimum absolute atomic E-state index is 0.0302. The summed E-state index contributed by atoms with van der Waals surface area (Å²) >= 11 is 1.30. The van der Waals surface area contributed by atoms with Gasteiger partial charge in [-0.15, -0.1) is 11.8 Å². The van der Waals surface area contributed by atoms with E-state index in [-0.39, 0.29) is 17.0 Å². The third-order valence-corrected chi connectivity index (χ3v) is 4.06. The summed E-state index contributed by atoms with van der Waals surface area (Å²) in [6.45, 7) is 3.53. The number of carboxylic acids is 1. The van der Waals surface area contributed by atoms with Crippen LogP contribution in [-0.4, -0.2) is 32.2 Å². The Hall–Kier alpha value is -2.02. The molecule has 0 unspecified atom stereocenters. The quantitative estimate of drug-likeness (QED) is 0.652. The summed E-state index contributed by atoms with van der Waals surface area (Å²) in [6, 6.07) is 0. The lowest BCUT2D eigenvalue weighted by atomic mass is 10.0. The second-order valence-electron chi connectivity index (χ2n) is 4.25. The average molecular weight is 278 g/mol. The van der Waals surface area contributed by atoms with Gasteiger partial charge in [-0.2, -0.15) is 0 Å². The fraction of sp³-hybridized carbons (Fsp3) is 0.250. The summed E-state index contributed by atoms with van der Waals surface area (Å²) in [5.41, 5.74) is 1.28. The van der Waals surface area contributed by atoms with Crippen LogP contribution in [-0.2, 0) is 9.59 Å². The second-order valence-corrected chi connectivity index (χ2v) is 5.21. The van der Waals surface area contributed by atoms with Crippen LogP contribution in [0.4, 0.5) is 0 Å². The molecular weight excluding hydrogens is 268 g/mol. The van der Waals surface area contributed by atoms with E-state index in [1.54, 1.807) is 19.9 Å². The zero-order valence-electron chi connectivity index (χ0n) is 10.2. The number of fused-ring (bicyclic) bond motifs is 1. The molecule has 1 atom stereocenters. The Bertz CT molecular complexity index is 659. The van der Waals surface area contributed by atoms with Gasteiger partial charge >= 0.3 is 5.97 Å². The number of β-lactam (4-membered cyclic amide) rings is 1. The van der Waals surface area contributed by atoms with Crippen LogP contribution >= 0.6 is 11.8 Å². The van der Waals surface area contributed by atoms with Gasteiger partial charge in [-0.05, 0) is 13.0 Å². The third-order valence-electron chi connectivity index (χ3n) is 2.98. The molecular formula is C12H10N2O4S. The first-order valence-electron chi connectivity index (χ1n) is 5.57. The normalized spacial score (nSPS) is 23.4. The van der Waals surface area contributed by atoms with Crippen LogP contribution in [0.2, 0.25) is 0 Å². The lowest BCUT2D eigenvalue weighted by Gasteiger charge is -2.36. The Morgan fingerprint density at radius 2 is 2.32 bits per heavy atom. The van der Waals surface area contributed by atoms with Gasteiger partial charge in [0.05, 0.1) is 11.3 Å². The molecule has 0 saturated carbocycles. The van der Waals surface area contributed by atoms with Gasteiger partial charge in [-0.3, -0.25) is 9.69 Å². The highest BCUT2D eigenvalue weighted by atomic mass is 32.2. The van der Waals surface area contributed by atoms with E-state index in [9.17, 15) is 9.59 Å². The summed E-state index contributed by atoms with van der Waals surface area (Å²) in [5.74, 6) is -0.299. The Morgan fingerprint density at radius 1 is 1.58 bits per heavy atom. The number of nitrogens with zero attached hydrogens (tertiary/aromatic N) is 2. The van der Waals surface area contributed by atoms with Crippen molar-refractivity contribution in [3.05, 3.63) is 34.0 Å². The maximum Gasteiger partial charge on any atom is 0.353 e. The molecule has 1 aromatic rings. The van der Waals surface area contributed by atoms with E-state index < -0.39 is 5.97 Å². The molecule has 7 heteroatoms. The lowest BCUT2D eigenvalue weighted by Crippen LogP contribution is -2.51. The maximum absolute atomic E-state index is 12.0. The van der Waals surface area contributed by atoms with E-state index in [4.69, 9.17) is 9.52 Å². The predicted octanol–water partition coefficient (Wildman–Crippen LogP) is 1.52. The molecule has 1 saturated heterocycles. The number of carbonyl (C=O) groups excluding carboxylic acids is 1. The molecule has 0 bridgehead atoms. The molecule has 6 nitrogen and oxygen atoms in total. The summed E-state index contributed by atoms with van der Waals surface area (Å²) in [6.07, 6.45) is 1.64. The highest BCUT2D eigenvalue weighted by Gasteiger charge is 2.49. The van der Waals surface area contributed by atoms with Gasteiger partial charge < -0.3 is 9.52 Å². The fourth-order valence-electron chi connectivity index (χ4n) is 2.09. The molecule has 19 heavy (non-hydrogen) atoms. The van der Waals surface area contributed by atoms with Crippen molar-refractivity contribution in [2.45, 2.75) is 19.2 Å². The van der Waals surface area contributed by atoms with Crippen LogP contribution in [0, 0.1) is 13.8 Å². The molecule has 3 heterocycles. The second kappa shape index (κ2) is 3.99. The first-order valence-corrected chi connectivity index (χ1v) is 6.51. The summed E-state index contributed by atoms with van der Waals surface area (Å²) in [7, 11) is 0. The highest BCUT2D eigenvalue weighted by Crippen LogP contribution is 2.45. The first-order chi connectivity index (χ1) is 8.99. The van der Waals surface area contributed by atoms with Crippen LogP contribution in [0.25, 0.3) is 6.08 Å². The minimum Gasteiger partial charge on any atom is -0.477 e. The fourth-order valence-corrected chi connectivity index (χ4v) is 3.21. The van der Waals surface area contributed by atoms with Crippen LogP contribution in [0.5, 0.6) is 0 Å². The van der Waals surface area contributed by atoms with Crippen LogP contribution in [0.3, 0.4) is 0 Å². The molecule has 0 spiro atoms. The Labute approximate surface area is 112 Å². The molecule has 0 aromatic carbocycles. The van der Waals surface area contributed by atoms with Crippen molar-refractivity contribution in [2.24, 2.45) is 0 Å². The molecule has 2 aliphatic heterocycles. The maximum atomic E-state index is 12.0. The van der Waals surface area contributed by atoms with Crippen molar-refractivity contribution >= 4 is 29.7 Å². The molecule has 2 aliphatic rings. The summed E-state index contributed by atoms with van der Waals surface area (Å²) in [4.78, 5) is 28.3. The largest absolute Gasteiger partial charge is 0.477 e. The van der Waals surface area contributed by atoms with Gasteiger partial charge in [0, 0.05) is 12.3 Å². The Balaban J connectivity index is 1.89. The molecule has 1 amide bonds. The van der Waals surface area contributed by atoms with Gasteiger partial charge in [0.25, 0.3) is 5.91 Å². The number of thioether (sulfide) groups is 1. The van der Waals surface area contributed by atoms with E-state index in [2.05, 4.69) is 4.98 Å². The van der Waals surface area contributed by atoms with Crippen LogP contribution < -0.4 is 0 Å². The average Bonchev–Trinajstić information content (AvgIpc) is 2.87. The standard InChI is InChI=1S/C12H10N2O4S/c1-5-9(18-6(2)13-5)3-7-10(15)14-8(12(16)17)4-19-11(7)14/h3-4,11H,1-2H3,(H,16,17)/b7-3-/t11-/m1/s1. The number of oxazole rings is 1. The third kappa shape index (κ3) is 1.69. The number of aromatic nitrogens is 1. The van der Waals surface area contributed by atoms with E-state index in [1.165, 1.54) is 22.1 Å². The monoisotopic (exact) mass is 278 g/mol. The number of carboxylic acid groups (broad SMARTS) is 1. The summed E-state index contributed by atoms with van der Waals surface area (Å²) in [5, 5.41) is 10.2. The number of hydrogen-bond donors (Lipinski definition) is 1. The number of amides is 1. The van der Waals surface area contributed by atoms with Crippen molar-refractivity contribution in [1.29, 1.82) is 0 Å². The van der Waals surface area contributed by atoms with Gasteiger partial charge in [0.15, 0.2) is 11.7 Å². The highest BCUT2D eigenvalue weighted by molar-refractivity contribution is 8.03. The van der Waals surface area contributed by atoms with Crippen molar-refractivity contribution in [2.75, 3.05) is 0 Å². The molecule has 1 N–H and O–H groups in total. The minimum atomic E-state index is -1.09. The number of rotatable bonds is 2. The molecule has 0 radical (unpaired) electrons. The van der Waals surface area contributed by atoms with Crippen molar-refractivity contribution in [3.8, 4) is 0 Å². The van der Waals surface area contributed by atoms with E-state index >= 15 is 0 Å². The molecule has 3 rings (SSSR count). The SMILES string of the molecule is Cc1nc(C)c(/C=C2/C(=O)N3C(C(=O)O)=CS[C@H]23)o1. The first kappa shape index (κ1) is 12.0. The predicted molar refractivity (Wildman–Crippen MR) is 67.9 cm³/mol. The topological polar surface area (TPSA) is 83.6 Å². The molecule has 1 fully saturated rings. The van der Waals surface area contributed by atoms with Gasteiger partial charge in [-0.1, -0.05) is 0 Å². The molecule has 0 aliphatic carbocycles. The van der Waals surface area contributed by atoms with Crippen LogP contribution in [0.15, 0.2) is 21.1 Å². The number of aryl methyl sites for hydroxylation is 2. The van der Waals surface area contributed by atoms with E-state index in [0.29, 0.717) is 22.9 Å². The van der Waals surface area contributed by atoms with E-state index in [0.717, 1.165) is 0 Å². The van der Waals surface area contributed by atoms with Gasteiger partial charge in [0.1, 0.15) is 11.1 Å². The number of carbonyl (C=O) groups is 2. The van der Waals surface area contributed by atoms with Crippen molar-refractivity contribution in [3.63, 3.8) is 0 Å². The zero-order valence-corrected chi connectivity index (χ0v) is 11.0. The number of aliphatic carboxylic acids is 1. The number of hydrogen-bond acceptors (Lipinski definition) is 5.